The topological polar surface area (TPSA) is 58.4 Å². The Labute approximate surface area is 135 Å². The smallest absolute Gasteiger partial charge is 0.292 e. The highest BCUT2D eigenvalue weighted by molar-refractivity contribution is 5.92. The van der Waals surface area contributed by atoms with Crippen molar-refractivity contribution in [3.63, 3.8) is 0 Å². The lowest BCUT2D eigenvalue weighted by atomic mass is 9.98. The number of nitrogens with zero attached hydrogens (tertiary/aromatic N) is 2. The molecule has 2 atom stereocenters. The molecule has 0 spiro atoms. The van der Waals surface area contributed by atoms with Crippen LogP contribution in [-0.4, -0.2) is 41.1 Å². The summed E-state index contributed by atoms with van der Waals surface area (Å²) in [6.07, 6.45) is 4.50. The van der Waals surface area contributed by atoms with E-state index < -0.39 is 0 Å². The fourth-order valence-electron chi connectivity index (χ4n) is 3.80. The summed E-state index contributed by atoms with van der Waals surface area (Å²) in [7, 11) is 1.88. The number of amides is 1. The number of hydrogen-bond acceptors (Lipinski definition) is 4. The van der Waals surface area contributed by atoms with Crippen molar-refractivity contribution in [3.8, 4) is 11.3 Å². The first-order chi connectivity index (χ1) is 11.2. The van der Waals surface area contributed by atoms with Crippen molar-refractivity contribution >= 4 is 5.91 Å². The normalized spacial score (nSPS) is 26.2. The monoisotopic (exact) mass is 311 g/mol. The molecule has 0 aliphatic carbocycles. The van der Waals surface area contributed by atoms with Crippen molar-refractivity contribution in [2.75, 3.05) is 7.05 Å². The van der Waals surface area contributed by atoms with Gasteiger partial charge in [0.1, 0.15) is 5.69 Å². The molecule has 2 bridgehead atoms. The SMILES string of the molecule is CN(C(=O)c1cc(-c2ccccc2)no1)C1CC2CCC(C1)N2. The van der Waals surface area contributed by atoms with Crippen LogP contribution in [0.5, 0.6) is 0 Å². The fraction of sp³-hybridized carbons (Fsp3) is 0.444. The van der Waals surface area contributed by atoms with E-state index in [4.69, 9.17) is 4.52 Å². The molecule has 1 amide bonds. The lowest BCUT2D eigenvalue weighted by Gasteiger charge is -2.35. The highest BCUT2D eigenvalue weighted by Crippen LogP contribution is 2.30. The molecule has 3 heterocycles. The van der Waals surface area contributed by atoms with Crippen molar-refractivity contribution in [1.29, 1.82) is 0 Å². The van der Waals surface area contributed by atoms with Crippen LogP contribution in [0.4, 0.5) is 0 Å². The van der Waals surface area contributed by atoms with E-state index in [1.165, 1.54) is 12.8 Å². The van der Waals surface area contributed by atoms with E-state index in [1.807, 2.05) is 42.3 Å². The standard InChI is InChI=1S/C18H21N3O2/c1-21(15-9-13-7-8-14(10-15)19-13)18(22)17-11-16(20-23-17)12-5-3-2-4-6-12/h2-6,11,13-15,19H,7-10H2,1H3. The summed E-state index contributed by atoms with van der Waals surface area (Å²) in [6, 6.07) is 12.9. The van der Waals surface area contributed by atoms with E-state index in [2.05, 4.69) is 10.5 Å². The molecule has 2 fully saturated rings. The van der Waals surface area contributed by atoms with Crippen LogP contribution in [0.1, 0.15) is 36.2 Å². The van der Waals surface area contributed by atoms with E-state index in [9.17, 15) is 4.79 Å². The Morgan fingerprint density at radius 2 is 1.91 bits per heavy atom. The Bertz CT molecular complexity index is 685. The molecular weight excluding hydrogens is 290 g/mol. The maximum Gasteiger partial charge on any atom is 0.292 e. The number of aromatic nitrogens is 1. The van der Waals surface area contributed by atoms with E-state index in [-0.39, 0.29) is 11.9 Å². The van der Waals surface area contributed by atoms with Crippen LogP contribution in [0, 0.1) is 0 Å². The first-order valence-electron chi connectivity index (χ1n) is 8.26. The molecule has 1 aromatic heterocycles. The summed E-state index contributed by atoms with van der Waals surface area (Å²) in [5.41, 5.74) is 1.66. The van der Waals surface area contributed by atoms with Crippen LogP contribution < -0.4 is 5.32 Å². The second-order valence-electron chi connectivity index (χ2n) is 6.62. The molecule has 23 heavy (non-hydrogen) atoms. The summed E-state index contributed by atoms with van der Waals surface area (Å²) in [5, 5.41) is 7.65. The molecule has 0 saturated carbocycles. The van der Waals surface area contributed by atoms with E-state index in [1.54, 1.807) is 6.07 Å². The summed E-state index contributed by atoms with van der Waals surface area (Å²) in [6.45, 7) is 0. The zero-order valence-corrected chi connectivity index (χ0v) is 13.2. The maximum atomic E-state index is 12.7. The van der Waals surface area contributed by atoms with Crippen LogP contribution in [0.3, 0.4) is 0 Å². The maximum absolute atomic E-state index is 12.7. The van der Waals surface area contributed by atoms with Crippen molar-refractivity contribution < 1.29 is 9.32 Å². The van der Waals surface area contributed by atoms with E-state index in [0.29, 0.717) is 23.5 Å². The minimum absolute atomic E-state index is 0.0778. The predicted molar refractivity (Wildman–Crippen MR) is 87.0 cm³/mol. The number of hydrogen-bond donors (Lipinski definition) is 1. The van der Waals surface area contributed by atoms with Crippen molar-refractivity contribution in [3.05, 3.63) is 42.2 Å². The van der Waals surface area contributed by atoms with Gasteiger partial charge in [0.05, 0.1) is 0 Å². The Balaban J connectivity index is 1.49. The van der Waals surface area contributed by atoms with Gasteiger partial charge in [0.15, 0.2) is 0 Å². The Morgan fingerprint density at radius 1 is 1.22 bits per heavy atom. The highest BCUT2D eigenvalue weighted by Gasteiger charge is 2.37. The summed E-state index contributed by atoms with van der Waals surface area (Å²) >= 11 is 0. The predicted octanol–water partition coefficient (Wildman–Crippen LogP) is 2.70. The van der Waals surface area contributed by atoms with Crippen LogP contribution in [0.2, 0.25) is 0 Å². The average Bonchev–Trinajstić information content (AvgIpc) is 3.21. The number of rotatable bonds is 3. The molecule has 1 N–H and O–H groups in total. The Morgan fingerprint density at radius 3 is 2.61 bits per heavy atom. The molecule has 2 aromatic rings. The van der Waals surface area contributed by atoms with Crippen molar-refractivity contribution in [2.24, 2.45) is 0 Å². The van der Waals surface area contributed by atoms with Crippen LogP contribution in [0.25, 0.3) is 11.3 Å². The van der Waals surface area contributed by atoms with Gasteiger partial charge in [-0.25, -0.2) is 0 Å². The van der Waals surface area contributed by atoms with Gasteiger partial charge >= 0.3 is 0 Å². The van der Waals surface area contributed by atoms with E-state index in [0.717, 1.165) is 18.4 Å². The van der Waals surface area contributed by atoms with Gasteiger partial charge < -0.3 is 14.7 Å². The molecule has 4 rings (SSSR count). The second kappa shape index (κ2) is 5.81. The van der Waals surface area contributed by atoms with Crippen LogP contribution in [0.15, 0.2) is 40.9 Å². The third kappa shape index (κ3) is 2.77. The molecule has 2 unspecified atom stereocenters. The van der Waals surface area contributed by atoms with Gasteiger partial charge in [0.25, 0.3) is 5.91 Å². The van der Waals surface area contributed by atoms with Crippen molar-refractivity contribution in [2.45, 2.75) is 43.8 Å². The zero-order chi connectivity index (χ0) is 15.8. The lowest BCUT2D eigenvalue weighted by Crippen LogP contribution is -2.48. The third-order valence-corrected chi connectivity index (χ3v) is 5.11. The van der Waals surface area contributed by atoms with Crippen LogP contribution >= 0.6 is 0 Å². The summed E-state index contributed by atoms with van der Waals surface area (Å²) < 4.78 is 5.31. The third-order valence-electron chi connectivity index (χ3n) is 5.11. The first-order valence-corrected chi connectivity index (χ1v) is 8.26. The summed E-state index contributed by atoms with van der Waals surface area (Å²) in [5.74, 6) is 0.239. The minimum atomic E-state index is -0.0778. The van der Waals surface area contributed by atoms with Crippen LogP contribution in [-0.2, 0) is 0 Å². The molecule has 1 aromatic carbocycles. The Hall–Kier alpha value is -2.14. The van der Waals surface area contributed by atoms with Gasteiger partial charge in [-0.05, 0) is 25.7 Å². The molecule has 120 valence electrons. The number of benzene rings is 1. The number of carbonyl (C=O) groups excluding carboxylic acids is 1. The zero-order valence-electron chi connectivity index (χ0n) is 13.2. The number of fused-ring (bicyclic) bond motifs is 2. The molecule has 5 heteroatoms. The largest absolute Gasteiger partial charge is 0.350 e. The molecule has 5 nitrogen and oxygen atoms in total. The first kappa shape index (κ1) is 14.5. The molecule has 0 radical (unpaired) electrons. The van der Waals surface area contributed by atoms with E-state index >= 15 is 0 Å². The van der Waals surface area contributed by atoms with Gasteiger partial charge in [0.2, 0.25) is 5.76 Å². The minimum Gasteiger partial charge on any atom is -0.350 e. The Kier molecular flexibility index (Phi) is 3.65. The quantitative estimate of drug-likeness (QED) is 0.947. The molecular formula is C18H21N3O2. The van der Waals surface area contributed by atoms with Gasteiger partial charge in [0, 0.05) is 36.8 Å². The molecule has 2 saturated heterocycles. The van der Waals surface area contributed by atoms with Gasteiger partial charge in [-0.3, -0.25) is 4.79 Å². The molecule has 2 aliphatic rings. The number of piperidine rings is 1. The average molecular weight is 311 g/mol. The number of carbonyl (C=O) groups is 1. The van der Waals surface area contributed by atoms with Crippen molar-refractivity contribution in [1.82, 2.24) is 15.4 Å². The van der Waals surface area contributed by atoms with Gasteiger partial charge in [-0.1, -0.05) is 35.5 Å². The molecule has 2 aliphatic heterocycles. The number of nitrogens with one attached hydrogen (secondary N) is 1. The summed E-state index contributed by atoms with van der Waals surface area (Å²) in [4.78, 5) is 14.5. The van der Waals surface area contributed by atoms with Gasteiger partial charge in [-0.2, -0.15) is 0 Å². The fourth-order valence-corrected chi connectivity index (χ4v) is 3.80. The second-order valence-corrected chi connectivity index (χ2v) is 6.62. The lowest BCUT2D eigenvalue weighted by molar-refractivity contribution is 0.0640. The van der Waals surface area contributed by atoms with Gasteiger partial charge in [-0.15, -0.1) is 0 Å². The highest BCUT2D eigenvalue weighted by atomic mass is 16.5.